The van der Waals surface area contributed by atoms with Crippen LogP contribution in [0.4, 0.5) is 0 Å². The fraction of sp³-hybridized carbons (Fsp3) is 0.0667. The molecule has 0 fully saturated rings. The van der Waals surface area contributed by atoms with Crippen molar-refractivity contribution in [2.24, 2.45) is 0 Å². The highest BCUT2D eigenvalue weighted by Gasteiger charge is 1.82. The average Bonchev–Trinajstić information content (AvgIpc) is 2.35. The van der Waals surface area contributed by atoms with Crippen molar-refractivity contribution in [1.82, 2.24) is 0 Å². The van der Waals surface area contributed by atoms with Gasteiger partial charge in [0.15, 0.2) is 0 Å². The molecule has 0 heterocycles. The molecular weight excluding hydrogens is 196 g/mol. The van der Waals surface area contributed by atoms with Crippen molar-refractivity contribution in [1.29, 1.82) is 0 Å². The number of benzene rings is 2. The van der Waals surface area contributed by atoms with Gasteiger partial charge in [-0.15, -0.1) is 0 Å². The summed E-state index contributed by atoms with van der Waals surface area (Å²) in [4.78, 5) is 0. The Labute approximate surface area is 96.7 Å². The quantitative estimate of drug-likeness (QED) is 0.756. The van der Waals surface area contributed by atoms with E-state index in [0.29, 0.717) is 5.75 Å². The molecule has 0 unspecified atom stereocenters. The first-order valence-corrected chi connectivity index (χ1v) is 5.15. The molecule has 0 spiro atoms. The summed E-state index contributed by atoms with van der Waals surface area (Å²) in [5.74, 6) is 0.329. The van der Waals surface area contributed by atoms with Gasteiger partial charge in [0, 0.05) is 0 Å². The van der Waals surface area contributed by atoms with Gasteiger partial charge in [-0.2, -0.15) is 0 Å². The minimum absolute atomic E-state index is 0.329. The molecule has 1 nitrogen and oxygen atoms in total. The molecule has 0 aliphatic heterocycles. The third-order valence-electron chi connectivity index (χ3n) is 2.07. The first kappa shape index (κ1) is 12.1. The molecule has 0 bridgehead atoms. The molecule has 82 valence electrons. The van der Waals surface area contributed by atoms with Gasteiger partial charge in [-0.25, -0.2) is 0 Å². The Morgan fingerprint density at radius 3 is 1.88 bits per heavy atom. The van der Waals surface area contributed by atoms with Gasteiger partial charge in [0.1, 0.15) is 5.75 Å². The Kier molecular flexibility index (Phi) is 4.87. The van der Waals surface area contributed by atoms with Crippen LogP contribution in [0.5, 0.6) is 5.75 Å². The highest BCUT2D eigenvalue weighted by Crippen LogP contribution is 2.07. The summed E-state index contributed by atoms with van der Waals surface area (Å²) in [5, 5.41) is 8.76. The van der Waals surface area contributed by atoms with Crippen molar-refractivity contribution in [3.63, 3.8) is 0 Å². The molecule has 16 heavy (non-hydrogen) atoms. The minimum atomic E-state index is 0.329. The van der Waals surface area contributed by atoms with E-state index in [1.165, 1.54) is 11.1 Å². The van der Waals surface area contributed by atoms with Crippen molar-refractivity contribution >= 4 is 6.08 Å². The van der Waals surface area contributed by atoms with Crippen molar-refractivity contribution in [3.05, 3.63) is 72.3 Å². The zero-order chi connectivity index (χ0) is 11.8. The predicted molar refractivity (Wildman–Crippen MR) is 69.4 cm³/mol. The second-order valence-electron chi connectivity index (χ2n) is 3.45. The summed E-state index contributed by atoms with van der Waals surface area (Å²) in [6.07, 6.45) is 1.83. The molecule has 2 aromatic rings. The van der Waals surface area contributed by atoms with Crippen molar-refractivity contribution < 1.29 is 5.11 Å². The second-order valence-corrected chi connectivity index (χ2v) is 3.45. The van der Waals surface area contributed by atoms with Crippen LogP contribution in [0.3, 0.4) is 0 Å². The fourth-order valence-electron chi connectivity index (χ4n) is 1.13. The molecule has 0 saturated heterocycles. The molecule has 0 atom stereocenters. The number of aromatic hydroxyl groups is 1. The van der Waals surface area contributed by atoms with Crippen LogP contribution in [-0.2, 0) is 0 Å². The van der Waals surface area contributed by atoms with Gasteiger partial charge < -0.3 is 5.11 Å². The van der Waals surface area contributed by atoms with E-state index in [2.05, 4.69) is 6.58 Å². The number of phenolic OH excluding ortho intramolecular Hbond substituents is 1. The van der Waals surface area contributed by atoms with Crippen LogP contribution in [0.25, 0.3) is 6.08 Å². The lowest BCUT2D eigenvalue weighted by Crippen LogP contribution is -1.66. The minimum Gasteiger partial charge on any atom is -0.508 e. The predicted octanol–water partition coefficient (Wildman–Crippen LogP) is 4.03. The van der Waals surface area contributed by atoms with Gasteiger partial charge in [0.05, 0.1) is 0 Å². The van der Waals surface area contributed by atoms with Crippen molar-refractivity contribution in [2.45, 2.75) is 6.92 Å². The Hall–Kier alpha value is -2.02. The van der Waals surface area contributed by atoms with E-state index in [0.717, 1.165) is 0 Å². The van der Waals surface area contributed by atoms with Crippen molar-refractivity contribution in [3.8, 4) is 5.75 Å². The Balaban J connectivity index is 0.000000160. The number of hydrogen-bond donors (Lipinski definition) is 1. The lowest BCUT2D eigenvalue weighted by atomic mass is 10.2. The van der Waals surface area contributed by atoms with Gasteiger partial charge in [0.2, 0.25) is 0 Å². The standard InChI is InChI=1S/C8H8.C7H8O/c1-2-8-6-4-3-5-7-8;1-6-2-4-7(8)5-3-6/h2-7H,1H2;2-5,8H,1H3. The number of aryl methyl sites for hydroxylation is 1. The van der Waals surface area contributed by atoms with E-state index in [-0.39, 0.29) is 0 Å². The third-order valence-corrected chi connectivity index (χ3v) is 2.07. The average molecular weight is 212 g/mol. The van der Waals surface area contributed by atoms with E-state index < -0.39 is 0 Å². The van der Waals surface area contributed by atoms with Gasteiger partial charge in [-0.1, -0.05) is 60.7 Å². The van der Waals surface area contributed by atoms with Gasteiger partial charge in [-0.05, 0) is 24.6 Å². The maximum atomic E-state index is 8.76. The smallest absolute Gasteiger partial charge is 0.115 e. The van der Waals surface area contributed by atoms with Gasteiger partial charge >= 0.3 is 0 Å². The second kappa shape index (κ2) is 6.46. The molecule has 2 aromatic carbocycles. The van der Waals surface area contributed by atoms with Crippen LogP contribution in [-0.4, -0.2) is 5.11 Å². The van der Waals surface area contributed by atoms with Crippen LogP contribution in [0.1, 0.15) is 11.1 Å². The first-order valence-electron chi connectivity index (χ1n) is 5.15. The van der Waals surface area contributed by atoms with E-state index in [4.69, 9.17) is 5.11 Å². The lowest BCUT2D eigenvalue weighted by molar-refractivity contribution is 0.475. The summed E-state index contributed by atoms with van der Waals surface area (Å²) < 4.78 is 0. The molecule has 0 aliphatic carbocycles. The van der Waals surface area contributed by atoms with E-state index >= 15 is 0 Å². The molecule has 0 aromatic heterocycles. The fourth-order valence-corrected chi connectivity index (χ4v) is 1.13. The molecule has 0 amide bonds. The number of hydrogen-bond acceptors (Lipinski definition) is 1. The SMILES string of the molecule is C=Cc1ccccc1.Cc1ccc(O)cc1. The summed E-state index contributed by atoms with van der Waals surface area (Å²) in [6.45, 7) is 5.62. The monoisotopic (exact) mass is 212 g/mol. The molecule has 1 heteroatoms. The molecule has 0 aliphatic rings. The summed E-state index contributed by atoms with van der Waals surface area (Å²) in [5.41, 5.74) is 2.34. The van der Waals surface area contributed by atoms with Crippen LogP contribution in [0.2, 0.25) is 0 Å². The van der Waals surface area contributed by atoms with E-state index in [1.54, 1.807) is 12.1 Å². The topological polar surface area (TPSA) is 20.2 Å². The highest BCUT2D eigenvalue weighted by molar-refractivity contribution is 5.45. The van der Waals surface area contributed by atoms with Crippen LogP contribution < -0.4 is 0 Å². The first-order chi connectivity index (χ1) is 7.72. The van der Waals surface area contributed by atoms with Gasteiger partial charge in [-0.3, -0.25) is 0 Å². The number of rotatable bonds is 1. The molecular formula is C15H16O. The van der Waals surface area contributed by atoms with Crippen molar-refractivity contribution in [2.75, 3.05) is 0 Å². The van der Waals surface area contributed by atoms with Crippen LogP contribution in [0, 0.1) is 6.92 Å². The number of phenols is 1. The summed E-state index contributed by atoms with van der Waals surface area (Å²) in [7, 11) is 0. The summed E-state index contributed by atoms with van der Waals surface area (Å²) in [6, 6.07) is 17.1. The Morgan fingerprint density at radius 2 is 1.50 bits per heavy atom. The van der Waals surface area contributed by atoms with Gasteiger partial charge in [0.25, 0.3) is 0 Å². The molecule has 1 N–H and O–H groups in total. The highest BCUT2D eigenvalue weighted by atomic mass is 16.3. The largest absolute Gasteiger partial charge is 0.508 e. The molecule has 0 radical (unpaired) electrons. The van der Waals surface area contributed by atoms with Crippen LogP contribution >= 0.6 is 0 Å². The van der Waals surface area contributed by atoms with E-state index in [1.807, 2.05) is 55.5 Å². The van der Waals surface area contributed by atoms with Crippen LogP contribution in [0.15, 0.2) is 61.2 Å². The normalized spacial score (nSPS) is 8.81. The van der Waals surface area contributed by atoms with E-state index in [9.17, 15) is 0 Å². The maximum Gasteiger partial charge on any atom is 0.115 e. The third kappa shape index (κ3) is 4.47. The Bertz CT molecular complexity index is 394. The lowest BCUT2D eigenvalue weighted by Gasteiger charge is -1.89. The molecule has 0 saturated carbocycles. The Morgan fingerprint density at radius 1 is 0.938 bits per heavy atom. The summed E-state index contributed by atoms with van der Waals surface area (Å²) >= 11 is 0. The zero-order valence-electron chi connectivity index (χ0n) is 9.43. The zero-order valence-corrected chi connectivity index (χ0v) is 9.43. The maximum absolute atomic E-state index is 8.76. The molecule has 2 rings (SSSR count).